The van der Waals surface area contributed by atoms with Crippen LogP contribution in [-0.2, 0) is 6.54 Å². The van der Waals surface area contributed by atoms with Crippen molar-refractivity contribution in [1.82, 2.24) is 10.3 Å². The van der Waals surface area contributed by atoms with Crippen LogP contribution in [0, 0.1) is 5.92 Å². The van der Waals surface area contributed by atoms with E-state index in [1.807, 2.05) is 17.5 Å². The molecule has 2 rings (SSSR count). The van der Waals surface area contributed by atoms with Gasteiger partial charge in [0.15, 0.2) is 5.13 Å². The Morgan fingerprint density at radius 3 is 2.61 bits per heavy atom. The summed E-state index contributed by atoms with van der Waals surface area (Å²) >= 11 is 1.82. The Labute approximate surface area is 115 Å². The zero-order valence-corrected chi connectivity index (χ0v) is 12.8. The van der Waals surface area contributed by atoms with Crippen molar-refractivity contribution in [3.05, 3.63) is 11.1 Å². The highest BCUT2D eigenvalue weighted by atomic mass is 32.1. The lowest BCUT2D eigenvalue weighted by molar-refractivity contribution is 0.340. The van der Waals surface area contributed by atoms with Crippen LogP contribution in [0.4, 0.5) is 5.13 Å². The second-order valence-corrected chi connectivity index (χ2v) is 6.72. The molecule has 0 aromatic carbocycles. The van der Waals surface area contributed by atoms with E-state index in [2.05, 4.69) is 42.9 Å². The number of nitrogens with zero attached hydrogens (tertiary/aromatic N) is 2. The van der Waals surface area contributed by atoms with Gasteiger partial charge in [-0.2, -0.15) is 0 Å². The molecule has 0 bridgehead atoms. The summed E-state index contributed by atoms with van der Waals surface area (Å²) in [6, 6.07) is 0. The van der Waals surface area contributed by atoms with Crippen LogP contribution in [0.15, 0.2) is 6.20 Å². The Morgan fingerprint density at radius 2 is 2.06 bits per heavy atom. The van der Waals surface area contributed by atoms with Gasteiger partial charge in [-0.3, -0.25) is 0 Å². The van der Waals surface area contributed by atoms with Crippen molar-refractivity contribution in [2.75, 3.05) is 18.0 Å². The summed E-state index contributed by atoms with van der Waals surface area (Å²) < 4.78 is 0. The molecule has 1 fully saturated rings. The van der Waals surface area contributed by atoms with E-state index >= 15 is 0 Å². The van der Waals surface area contributed by atoms with Crippen molar-refractivity contribution in [1.29, 1.82) is 0 Å². The van der Waals surface area contributed by atoms with E-state index in [4.69, 9.17) is 0 Å². The summed E-state index contributed by atoms with van der Waals surface area (Å²) in [5, 5.41) is 4.83. The van der Waals surface area contributed by atoms with Crippen LogP contribution in [0.3, 0.4) is 0 Å². The van der Waals surface area contributed by atoms with E-state index < -0.39 is 0 Å². The van der Waals surface area contributed by atoms with Gasteiger partial charge in [-0.05, 0) is 46.5 Å². The molecular formula is C14H25N3S. The number of thiazole rings is 1. The van der Waals surface area contributed by atoms with Crippen molar-refractivity contribution < 1.29 is 0 Å². The molecule has 0 spiro atoms. The zero-order chi connectivity index (χ0) is 13.2. The minimum atomic E-state index is 0.277. The van der Waals surface area contributed by atoms with Crippen molar-refractivity contribution in [3.8, 4) is 0 Å². The number of aromatic nitrogens is 1. The van der Waals surface area contributed by atoms with Crippen LogP contribution in [0.5, 0.6) is 0 Å². The quantitative estimate of drug-likeness (QED) is 0.822. The summed E-state index contributed by atoms with van der Waals surface area (Å²) in [4.78, 5) is 8.17. The van der Waals surface area contributed by atoms with Gasteiger partial charge in [0, 0.05) is 36.2 Å². The first-order valence-corrected chi connectivity index (χ1v) is 7.83. The highest BCUT2D eigenvalue weighted by Gasteiger charge is 2.37. The summed E-state index contributed by atoms with van der Waals surface area (Å²) in [5.74, 6) is 0.868. The minimum Gasteiger partial charge on any atom is -0.349 e. The Balaban J connectivity index is 1.90. The Morgan fingerprint density at radius 1 is 1.39 bits per heavy atom. The molecule has 1 aromatic rings. The molecule has 1 aliphatic carbocycles. The van der Waals surface area contributed by atoms with Crippen LogP contribution in [0.1, 0.15) is 45.4 Å². The molecule has 0 saturated heterocycles. The lowest BCUT2D eigenvalue weighted by Crippen LogP contribution is -2.40. The second kappa shape index (κ2) is 5.57. The standard InChI is InChI=1S/C14H25N3S/c1-5-17(6-2)13-15-9-12(18-13)10-16-14(3,4)11-7-8-11/h9,11,16H,5-8,10H2,1-4H3. The average molecular weight is 267 g/mol. The van der Waals surface area contributed by atoms with E-state index in [0.29, 0.717) is 0 Å². The molecule has 1 aromatic heterocycles. The molecule has 0 atom stereocenters. The second-order valence-electron chi connectivity index (χ2n) is 5.63. The van der Waals surface area contributed by atoms with Crippen LogP contribution in [-0.4, -0.2) is 23.6 Å². The van der Waals surface area contributed by atoms with Gasteiger partial charge in [-0.15, -0.1) is 11.3 Å². The summed E-state index contributed by atoms with van der Waals surface area (Å²) in [6.07, 6.45) is 4.79. The lowest BCUT2D eigenvalue weighted by atomic mass is 9.99. The van der Waals surface area contributed by atoms with Crippen LogP contribution >= 0.6 is 11.3 Å². The van der Waals surface area contributed by atoms with Gasteiger partial charge in [-0.25, -0.2) is 4.98 Å². The maximum absolute atomic E-state index is 4.52. The molecule has 1 N–H and O–H groups in total. The third-order valence-electron chi connectivity index (χ3n) is 3.89. The Hall–Kier alpha value is -0.610. The third-order valence-corrected chi connectivity index (χ3v) is 4.95. The van der Waals surface area contributed by atoms with Gasteiger partial charge < -0.3 is 10.2 Å². The fraction of sp³-hybridized carbons (Fsp3) is 0.786. The maximum atomic E-state index is 4.52. The Kier molecular flexibility index (Phi) is 4.28. The smallest absolute Gasteiger partial charge is 0.185 e. The Bertz CT molecular complexity index is 378. The SMILES string of the molecule is CCN(CC)c1ncc(CNC(C)(C)C2CC2)s1. The van der Waals surface area contributed by atoms with E-state index in [1.54, 1.807) is 0 Å². The predicted molar refractivity (Wildman–Crippen MR) is 79.3 cm³/mol. The van der Waals surface area contributed by atoms with Crippen molar-refractivity contribution in [2.45, 2.75) is 52.6 Å². The monoisotopic (exact) mass is 267 g/mol. The van der Waals surface area contributed by atoms with E-state index in [1.165, 1.54) is 17.7 Å². The molecule has 18 heavy (non-hydrogen) atoms. The maximum Gasteiger partial charge on any atom is 0.185 e. The van der Waals surface area contributed by atoms with E-state index in [0.717, 1.165) is 30.7 Å². The predicted octanol–water partition coefficient (Wildman–Crippen LogP) is 3.27. The molecule has 1 aliphatic rings. The summed E-state index contributed by atoms with van der Waals surface area (Å²) in [5.41, 5.74) is 0.277. The van der Waals surface area contributed by atoms with Gasteiger partial charge >= 0.3 is 0 Å². The van der Waals surface area contributed by atoms with Crippen molar-refractivity contribution in [2.24, 2.45) is 5.92 Å². The number of anilines is 1. The molecule has 1 heterocycles. The van der Waals surface area contributed by atoms with Gasteiger partial charge in [-0.1, -0.05) is 0 Å². The molecular weight excluding hydrogens is 242 g/mol. The fourth-order valence-electron chi connectivity index (χ4n) is 2.28. The van der Waals surface area contributed by atoms with Crippen LogP contribution in [0.2, 0.25) is 0 Å². The average Bonchev–Trinajstić information content (AvgIpc) is 3.11. The molecule has 102 valence electrons. The molecule has 4 heteroatoms. The first-order chi connectivity index (χ1) is 8.56. The van der Waals surface area contributed by atoms with Crippen LogP contribution < -0.4 is 10.2 Å². The van der Waals surface area contributed by atoms with Gasteiger partial charge in [0.25, 0.3) is 0 Å². The molecule has 0 unspecified atom stereocenters. The van der Waals surface area contributed by atoms with Crippen molar-refractivity contribution >= 4 is 16.5 Å². The van der Waals surface area contributed by atoms with Gasteiger partial charge in [0.2, 0.25) is 0 Å². The first kappa shape index (κ1) is 13.8. The minimum absolute atomic E-state index is 0.277. The van der Waals surface area contributed by atoms with Crippen LogP contribution in [0.25, 0.3) is 0 Å². The van der Waals surface area contributed by atoms with Gasteiger partial charge in [0.05, 0.1) is 0 Å². The fourth-order valence-corrected chi connectivity index (χ4v) is 3.26. The zero-order valence-electron chi connectivity index (χ0n) is 12.0. The lowest BCUT2D eigenvalue weighted by Gasteiger charge is -2.25. The molecule has 0 radical (unpaired) electrons. The molecule has 3 nitrogen and oxygen atoms in total. The highest BCUT2D eigenvalue weighted by molar-refractivity contribution is 7.15. The summed E-state index contributed by atoms with van der Waals surface area (Å²) in [7, 11) is 0. The first-order valence-electron chi connectivity index (χ1n) is 7.01. The molecule has 0 amide bonds. The number of rotatable bonds is 7. The van der Waals surface area contributed by atoms with Crippen molar-refractivity contribution in [3.63, 3.8) is 0 Å². The molecule has 0 aliphatic heterocycles. The number of hydrogen-bond donors (Lipinski definition) is 1. The topological polar surface area (TPSA) is 28.2 Å². The highest BCUT2D eigenvalue weighted by Crippen LogP contribution is 2.39. The number of hydrogen-bond acceptors (Lipinski definition) is 4. The normalized spacial score (nSPS) is 16.0. The summed E-state index contributed by atoms with van der Waals surface area (Å²) in [6.45, 7) is 12.0. The van der Waals surface area contributed by atoms with E-state index in [9.17, 15) is 0 Å². The third kappa shape index (κ3) is 3.23. The largest absolute Gasteiger partial charge is 0.349 e. The van der Waals surface area contributed by atoms with E-state index in [-0.39, 0.29) is 5.54 Å². The van der Waals surface area contributed by atoms with Gasteiger partial charge in [0.1, 0.15) is 0 Å². The number of nitrogens with one attached hydrogen (secondary N) is 1. The molecule has 1 saturated carbocycles.